The third kappa shape index (κ3) is 3.98. The molecule has 0 bridgehead atoms. The van der Waals surface area contributed by atoms with Gasteiger partial charge in [0.25, 0.3) is 0 Å². The van der Waals surface area contributed by atoms with Crippen molar-refractivity contribution in [3.8, 4) is 0 Å². The van der Waals surface area contributed by atoms with Gasteiger partial charge in [0.1, 0.15) is 5.60 Å². The van der Waals surface area contributed by atoms with Crippen molar-refractivity contribution < 1.29 is 5.11 Å². The molecule has 25 heavy (non-hydrogen) atoms. The van der Waals surface area contributed by atoms with E-state index < -0.39 is 5.60 Å². The van der Waals surface area contributed by atoms with E-state index in [0.717, 1.165) is 17.7 Å². The van der Waals surface area contributed by atoms with Crippen LogP contribution in [0.3, 0.4) is 0 Å². The average molecular weight is 331 g/mol. The van der Waals surface area contributed by atoms with Gasteiger partial charge in [-0.1, -0.05) is 97.9 Å². The first kappa shape index (κ1) is 17.4. The van der Waals surface area contributed by atoms with Crippen LogP contribution in [0.5, 0.6) is 0 Å². The molecular formula is C23H25NO. The zero-order valence-corrected chi connectivity index (χ0v) is 14.6. The summed E-state index contributed by atoms with van der Waals surface area (Å²) in [6, 6.07) is 30.3. The first-order chi connectivity index (χ1) is 12.2. The summed E-state index contributed by atoms with van der Waals surface area (Å²) >= 11 is 0. The van der Waals surface area contributed by atoms with E-state index in [1.807, 2.05) is 78.9 Å². The monoisotopic (exact) mass is 331 g/mol. The van der Waals surface area contributed by atoms with Gasteiger partial charge in [-0.15, -0.1) is 0 Å². The molecule has 2 nitrogen and oxygen atoms in total. The van der Waals surface area contributed by atoms with Crippen molar-refractivity contribution in [2.75, 3.05) is 6.54 Å². The summed E-state index contributed by atoms with van der Waals surface area (Å²) in [6.07, 6.45) is 0.568. The molecule has 3 aromatic carbocycles. The number of nitrogens with one attached hydrogen (secondary N) is 1. The number of rotatable bonds is 7. The standard InChI is InChI=1S/C23H25NO/c1-2-24-22(19-12-6-3-7-13-19)18-23(25,20-14-8-4-9-15-20)21-16-10-5-11-17-21/h3-17,22,24-25H,2,18H2,1H3. The van der Waals surface area contributed by atoms with Crippen molar-refractivity contribution in [2.45, 2.75) is 25.0 Å². The lowest BCUT2D eigenvalue weighted by Crippen LogP contribution is -2.34. The zero-order valence-electron chi connectivity index (χ0n) is 14.6. The molecule has 0 aliphatic rings. The lowest BCUT2D eigenvalue weighted by molar-refractivity contribution is 0.0588. The molecular weight excluding hydrogens is 306 g/mol. The van der Waals surface area contributed by atoms with Crippen LogP contribution in [0.1, 0.15) is 36.1 Å². The van der Waals surface area contributed by atoms with Crippen LogP contribution < -0.4 is 5.32 Å². The van der Waals surface area contributed by atoms with Crippen LogP contribution in [0.4, 0.5) is 0 Å². The molecule has 0 spiro atoms. The van der Waals surface area contributed by atoms with Crippen LogP contribution >= 0.6 is 0 Å². The van der Waals surface area contributed by atoms with Crippen molar-refractivity contribution in [2.24, 2.45) is 0 Å². The third-order valence-corrected chi connectivity index (χ3v) is 4.65. The molecule has 0 saturated carbocycles. The van der Waals surface area contributed by atoms with E-state index in [2.05, 4.69) is 24.4 Å². The van der Waals surface area contributed by atoms with E-state index >= 15 is 0 Å². The summed E-state index contributed by atoms with van der Waals surface area (Å²) in [5, 5.41) is 15.3. The Morgan fingerprint density at radius 1 is 0.760 bits per heavy atom. The first-order valence-electron chi connectivity index (χ1n) is 8.86. The molecule has 0 aromatic heterocycles. The predicted octanol–water partition coefficient (Wildman–Crippen LogP) is 4.66. The maximum absolute atomic E-state index is 11.8. The maximum atomic E-state index is 11.8. The smallest absolute Gasteiger partial charge is 0.116 e. The summed E-state index contributed by atoms with van der Waals surface area (Å²) in [4.78, 5) is 0. The average Bonchev–Trinajstić information content (AvgIpc) is 2.69. The highest BCUT2D eigenvalue weighted by molar-refractivity contribution is 5.37. The fourth-order valence-electron chi connectivity index (χ4n) is 3.37. The Kier molecular flexibility index (Phi) is 5.64. The molecule has 0 radical (unpaired) electrons. The van der Waals surface area contributed by atoms with Crippen molar-refractivity contribution in [3.63, 3.8) is 0 Å². The molecule has 0 fully saturated rings. The van der Waals surface area contributed by atoms with Gasteiger partial charge in [-0.05, 0) is 23.2 Å². The van der Waals surface area contributed by atoms with Crippen LogP contribution in [-0.4, -0.2) is 11.7 Å². The van der Waals surface area contributed by atoms with Crippen molar-refractivity contribution in [3.05, 3.63) is 108 Å². The molecule has 0 amide bonds. The highest BCUT2D eigenvalue weighted by atomic mass is 16.3. The van der Waals surface area contributed by atoms with E-state index in [1.165, 1.54) is 5.56 Å². The van der Waals surface area contributed by atoms with Crippen molar-refractivity contribution in [1.82, 2.24) is 5.32 Å². The summed E-state index contributed by atoms with van der Waals surface area (Å²) in [5.41, 5.74) is 1.97. The zero-order chi connectivity index (χ0) is 17.5. The fraction of sp³-hybridized carbons (Fsp3) is 0.217. The Balaban J connectivity index is 2.02. The summed E-state index contributed by atoms with van der Waals surface area (Å²) in [6.45, 7) is 2.94. The molecule has 1 atom stereocenters. The highest BCUT2D eigenvalue weighted by Gasteiger charge is 2.34. The minimum atomic E-state index is -1.05. The van der Waals surface area contributed by atoms with Crippen molar-refractivity contribution >= 4 is 0 Å². The molecule has 0 aliphatic carbocycles. The number of hydrogen-bond acceptors (Lipinski definition) is 2. The minimum Gasteiger partial charge on any atom is -0.380 e. The quantitative estimate of drug-likeness (QED) is 0.660. The van der Waals surface area contributed by atoms with Gasteiger partial charge >= 0.3 is 0 Å². The molecule has 2 N–H and O–H groups in total. The fourth-order valence-corrected chi connectivity index (χ4v) is 3.37. The Morgan fingerprint density at radius 2 is 1.20 bits per heavy atom. The molecule has 0 heterocycles. The number of hydrogen-bond donors (Lipinski definition) is 2. The molecule has 2 heteroatoms. The lowest BCUT2D eigenvalue weighted by Gasteiger charge is -2.34. The SMILES string of the molecule is CCNC(CC(O)(c1ccccc1)c1ccccc1)c1ccccc1. The Labute approximate surface area is 150 Å². The van der Waals surface area contributed by atoms with Gasteiger partial charge < -0.3 is 10.4 Å². The topological polar surface area (TPSA) is 32.3 Å². The minimum absolute atomic E-state index is 0.0663. The molecule has 3 rings (SSSR count). The van der Waals surface area contributed by atoms with Crippen molar-refractivity contribution in [1.29, 1.82) is 0 Å². The largest absolute Gasteiger partial charge is 0.380 e. The Bertz CT molecular complexity index is 716. The number of benzene rings is 3. The van der Waals surface area contributed by atoms with E-state index in [9.17, 15) is 5.11 Å². The van der Waals surface area contributed by atoms with Crippen LogP contribution in [0, 0.1) is 0 Å². The van der Waals surface area contributed by atoms with Gasteiger partial charge in [-0.2, -0.15) is 0 Å². The molecule has 0 saturated heterocycles. The van der Waals surface area contributed by atoms with Gasteiger partial charge in [-0.3, -0.25) is 0 Å². The van der Waals surface area contributed by atoms with Crippen LogP contribution in [0.15, 0.2) is 91.0 Å². The van der Waals surface area contributed by atoms with E-state index in [-0.39, 0.29) is 6.04 Å². The van der Waals surface area contributed by atoms with Crippen LogP contribution in [0.2, 0.25) is 0 Å². The van der Waals surface area contributed by atoms with Gasteiger partial charge in [0.05, 0.1) is 0 Å². The second-order valence-electron chi connectivity index (χ2n) is 6.32. The first-order valence-corrected chi connectivity index (χ1v) is 8.86. The normalized spacial score (nSPS) is 12.7. The second-order valence-corrected chi connectivity index (χ2v) is 6.32. The molecule has 1 unspecified atom stereocenters. The van der Waals surface area contributed by atoms with E-state index in [1.54, 1.807) is 0 Å². The predicted molar refractivity (Wildman–Crippen MR) is 103 cm³/mol. The number of aliphatic hydroxyl groups is 1. The van der Waals surface area contributed by atoms with Gasteiger partial charge in [0.15, 0.2) is 0 Å². The summed E-state index contributed by atoms with van der Waals surface area (Å²) in [5.74, 6) is 0. The summed E-state index contributed by atoms with van der Waals surface area (Å²) in [7, 11) is 0. The Hall–Kier alpha value is -2.42. The molecule has 128 valence electrons. The Morgan fingerprint density at radius 3 is 1.64 bits per heavy atom. The van der Waals surface area contributed by atoms with Gasteiger partial charge in [0.2, 0.25) is 0 Å². The highest BCUT2D eigenvalue weighted by Crippen LogP contribution is 2.37. The molecule has 0 aliphatic heterocycles. The molecule has 3 aromatic rings. The van der Waals surface area contributed by atoms with E-state index in [0.29, 0.717) is 6.42 Å². The van der Waals surface area contributed by atoms with E-state index in [4.69, 9.17) is 0 Å². The van der Waals surface area contributed by atoms with Crippen LogP contribution in [-0.2, 0) is 5.60 Å². The second kappa shape index (κ2) is 8.11. The summed E-state index contributed by atoms with van der Waals surface area (Å²) < 4.78 is 0. The van der Waals surface area contributed by atoms with Gasteiger partial charge in [0, 0.05) is 12.5 Å². The lowest BCUT2D eigenvalue weighted by atomic mass is 9.80. The van der Waals surface area contributed by atoms with Gasteiger partial charge in [-0.25, -0.2) is 0 Å². The maximum Gasteiger partial charge on any atom is 0.116 e. The van der Waals surface area contributed by atoms with Crippen LogP contribution in [0.25, 0.3) is 0 Å². The third-order valence-electron chi connectivity index (χ3n) is 4.65.